The summed E-state index contributed by atoms with van der Waals surface area (Å²) < 4.78 is 4.94. The molecule has 1 fully saturated rings. The van der Waals surface area contributed by atoms with Crippen LogP contribution in [0.15, 0.2) is 60.7 Å². The first-order valence-corrected chi connectivity index (χ1v) is 8.81. The molecule has 0 spiro atoms. The number of carbonyl (C=O) groups is 2. The van der Waals surface area contributed by atoms with E-state index < -0.39 is 12.0 Å². The van der Waals surface area contributed by atoms with E-state index in [0.717, 1.165) is 11.1 Å². The van der Waals surface area contributed by atoms with E-state index in [0.29, 0.717) is 13.0 Å². The van der Waals surface area contributed by atoms with E-state index in [1.54, 1.807) is 4.90 Å². The summed E-state index contributed by atoms with van der Waals surface area (Å²) in [7, 11) is 3.21. The molecule has 0 bridgehead atoms. The molecule has 26 heavy (non-hydrogen) atoms. The molecule has 0 radical (unpaired) electrons. The summed E-state index contributed by atoms with van der Waals surface area (Å²) in [4.78, 5) is 27.4. The van der Waals surface area contributed by atoms with E-state index in [2.05, 4.69) is 5.32 Å². The highest BCUT2D eigenvalue weighted by atomic mass is 16.5. The number of hydrogen-bond donors (Lipinski definition) is 1. The predicted molar refractivity (Wildman–Crippen MR) is 99.7 cm³/mol. The van der Waals surface area contributed by atoms with Crippen LogP contribution in [0.25, 0.3) is 0 Å². The smallest absolute Gasteiger partial charge is 0.328 e. The number of ether oxygens (including phenoxy) is 1. The Kier molecular flexibility index (Phi) is 5.68. The van der Waals surface area contributed by atoms with Crippen molar-refractivity contribution in [3.8, 4) is 0 Å². The normalized spacial score (nSPS) is 19.6. The fraction of sp³-hybridized carbons (Fsp3) is 0.333. The summed E-state index contributed by atoms with van der Waals surface area (Å²) in [5.41, 5.74) is 1.83. The molecule has 3 rings (SSSR count). The van der Waals surface area contributed by atoms with Gasteiger partial charge in [-0.05, 0) is 24.6 Å². The van der Waals surface area contributed by atoms with Crippen LogP contribution in [0.4, 0.5) is 0 Å². The van der Waals surface area contributed by atoms with Crippen molar-refractivity contribution in [1.82, 2.24) is 10.2 Å². The number of rotatable bonds is 5. The summed E-state index contributed by atoms with van der Waals surface area (Å²) in [6, 6.07) is 18.9. The Morgan fingerprint density at radius 3 is 2.04 bits per heavy atom. The Bertz CT molecular complexity index is 709. The highest BCUT2D eigenvalue weighted by molar-refractivity contribution is 5.91. The molecule has 0 aromatic heterocycles. The molecular weight excluding hydrogens is 328 g/mol. The zero-order valence-electron chi connectivity index (χ0n) is 15.1. The maximum absolute atomic E-state index is 13.5. The molecule has 1 saturated heterocycles. The van der Waals surface area contributed by atoms with E-state index in [1.807, 2.05) is 67.7 Å². The van der Waals surface area contributed by atoms with Crippen LogP contribution in [0, 0.1) is 0 Å². The van der Waals surface area contributed by atoms with Gasteiger partial charge in [0.15, 0.2) is 0 Å². The molecule has 2 aromatic carbocycles. The van der Waals surface area contributed by atoms with Crippen LogP contribution in [0.5, 0.6) is 0 Å². The molecule has 136 valence electrons. The minimum atomic E-state index is -0.556. The fourth-order valence-corrected chi connectivity index (χ4v) is 3.58. The van der Waals surface area contributed by atoms with Crippen LogP contribution in [0.3, 0.4) is 0 Å². The molecule has 0 aliphatic carbocycles. The standard InChI is InChI=1S/C21H24N2O3/c1-22-17-13-18(21(25)26-2)23(14-17)20(24)19(15-9-5-3-6-10-15)16-11-7-4-8-12-16/h3-12,17-19,22H,13-14H2,1-2H3. The van der Waals surface area contributed by atoms with Crippen LogP contribution in [0.2, 0.25) is 0 Å². The average Bonchev–Trinajstić information content (AvgIpc) is 3.14. The second kappa shape index (κ2) is 8.15. The van der Waals surface area contributed by atoms with Crippen LogP contribution < -0.4 is 5.32 Å². The van der Waals surface area contributed by atoms with Crippen LogP contribution in [0.1, 0.15) is 23.5 Å². The van der Waals surface area contributed by atoms with Gasteiger partial charge < -0.3 is 15.0 Å². The molecule has 1 heterocycles. The number of likely N-dealkylation sites (tertiary alicyclic amines) is 1. The van der Waals surface area contributed by atoms with Crippen LogP contribution in [-0.2, 0) is 14.3 Å². The average molecular weight is 352 g/mol. The molecular formula is C21H24N2O3. The third-order valence-electron chi connectivity index (χ3n) is 4.98. The van der Waals surface area contributed by atoms with Crippen molar-refractivity contribution in [1.29, 1.82) is 0 Å². The van der Waals surface area contributed by atoms with Gasteiger partial charge in [-0.25, -0.2) is 4.79 Å². The Hall–Kier alpha value is -2.66. The van der Waals surface area contributed by atoms with E-state index in [9.17, 15) is 9.59 Å². The molecule has 2 atom stereocenters. The summed E-state index contributed by atoms with van der Waals surface area (Å²) in [6.45, 7) is 0.491. The first-order chi connectivity index (χ1) is 12.7. The highest BCUT2D eigenvalue weighted by Gasteiger charge is 2.42. The van der Waals surface area contributed by atoms with Gasteiger partial charge in [0.1, 0.15) is 6.04 Å². The number of benzene rings is 2. The van der Waals surface area contributed by atoms with Crippen LogP contribution >= 0.6 is 0 Å². The van der Waals surface area contributed by atoms with E-state index in [4.69, 9.17) is 4.74 Å². The minimum absolute atomic E-state index is 0.0736. The van der Waals surface area contributed by atoms with Crippen molar-refractivity contribution in [2.45, 2.75) is 24.4 Å². The quantitative estimate of drug-likeness (QED) is 0.838. The maximum atomic E-state index is 13.5. The molecule has 0 saturated carbocycles. The predicted octanol–water partition coefficient (Wildman–Crippen LogP) is 2.18. The summed E-state index contributed by atoms with van der Waals surface area (Å²) in [6.07, 6.45) is 0.561. The molecule has 1 N–H and O–H groups in total. The number of nitrogens with zero attached hydrogens (tertiary/aromatic N) is 1. The number of methoxy groups -OCH3 is 1. The molecule has 2 unspecified atom stereocenters. The first kappa shape index (κ1) is 18.1. The van der Waals surface area contributed by atoms with E-state index in [1.165, 1.54) is 7.11 Å². The summed E-state index contributed by atoms with van der Waals surface area (Å²) in [5, 5.41) is 3.17. The maximum Gasteiger partial charge on any atom is 0.328 e. The third-order valence-corrected chi connectivity index (χ3v) is 4.98. The van der Waals surface area contributed by atoms with Crippen molar-refractivity contribution < 1.29 is 14.3 Å². The zero-order chi connectivity index (χ0) is 18.5. The molecule has 1 amide bonds. The first-order valence-electron chi connectivity index (χ1n) is 8.81. The summed E-state index contributed by atoms with van der Waals surface area (Å²) >= 11 is 0. The van der Waals surface area contributed by atoms with Gasteiger partial charge in [0.05, 0.1) is 13.0 Å². The van der Waals surface area contributed by atoms with Gasteiger partial charge in [-0.2, -0.15) is 0 Å². The molecule has 1 aliphatic rings. The van der Waals surface area contributed by atoms with Crippen molar-refractivity contribution in [3.63, 3.8) is 0 Å². The van der Waals surface area contributed by atoms with Gasteiger partial charge in [-0.15, -0.1) is 0 Å². The second-order valence-corrected chi connectivity index (χ2v) is 6.51. The lowest BCUT2D eigenvalue weighted by molar-refractivity contribution is -0.151. The van der Waals surface area contributed by atoms with Crippen molar-refractivity contribution in [3.05, 3.63) is 71.8 Å². The van der Waals surface area contributed by atoms with Gasteiger partial charge in [-0.3, -0.25) is 4.79 Å². The second-order valence-electron chi connectivity index (χ2n) is 6.51. The minimum Gasteiger partial charge on any atom is -0.467 e. The lowest BCUT2D eigenvalue weighted by atomic mass is 9.90. The molecule has 5 nitrogen and oxygen atoms in total. The molecule has 1 aliphatic heterocycles. The number of esters is 1. The number of carbonyl (C=O) groups excluding carboxylic acids is 2. The topological polar surface area (TPSA) is 58.6 Å². The number of nitrogens with one attached hydrogen (secondary N) is 1. The van der Waals surface area contributed by atoms with Crippen molar-refractivity contribution >= 4 is 11.9 Å². The van der Waals surface area contributed by atoms with Gasteiger partial charge in [0.25, 0.3) is 0 Å². The van der Waals surface area contributed by atoms with E-state index in [-0.39, 0.29) is 17.9 Å². The van der Waals surface area contributed by atoms with Gasteiger partial charge in [0, 0.05) is 12.6 Å². The highest BCUT2D eigenvalue weighted by Crippen LogP contribution is 2.30. The Morgan fingerprint density at radius 1 is 1.04 bits per heavy atom. The Labute approximate surface area is 154 Å². The number of hydrogen-bond acceptors (Lipinski definition) is 4. The lowest BCUT2D eigenvalue weighted by Crippen LogP contribution is -2.44. The van der Waals surface area contributed by atoms with Crippen molar-refractivity contribution in [2.75, 3.05) is 20.7 Å². The number of likely N-dealkylation sites (N-methyl/N-ethyl adjacent to an activating group) is 1. The Balaban J connectivity index is 1.98. The Morgan fingerprint density at radius 2 is 1.58 bits per heavy atom. The zero-order valence-corrected chi connectivity index (χ0v) is 15.1. The molecule has 2 aromatic rings. The largest absolute Gasteiger partial charge is 0.467 e. The van der Waals surface area contributed by atoms with Gasteiger partial charge in [0.2, 0.25) is 5.91 Å². The third kappa shape index (κ3) is 3.63. The summed E-state index contributed by atoms with van der Waals surface area (Å²) in [5.74, 6) is -0.883. The van der Waals surface area contributed by atoms with Gasteiger partial charge in [-0.1, -0.05) is 60.7 Å². The van der Waals surface area contributed by atoms with E-state index >= 15 is 0 Å². The lowest BCUT2D eigenvalue weighted by Gasteiger charge is -2.28. The fourth-order valence-electron chi connectivity index (χ4n) is 3.58. The monoisotopic (exact) mass is 352 g/mol. The number of amides is 1. The molecule has 5 heteroatoms. The van der Waals surface area contributed by atoms with Gasteiger partial charge >= 0.3 is 5.97 Å². The van der Waals surface area contributed by atoms with Crippen LogP contribution in [-0.4, -0.2) is 49.6 Å². The van der Waals surface area contributed by atoms with Crippen molar-refractivity contribution in [2.24, 2.45) is 0 Å². The SMILES string of the molecule is CNC1CC(C(=O)OC)N(C(=O)C(c2ccccc2)c2ccccc2)C1.